The largest absolute Gasteiger partial charge is 0.386 e. The summed E-state index contributed by atoms with van der Waals surface area (Å²) < 4.78 is 27.5. The Balaban J connectivity index is 2.15. The topological polar surface area (TPSA) is 96.0 Å². The molecule has 0 unspecified atom stereocenters. The van der Waals surface area contributed by atoms with E-state index in [9.17, 15) is 8.42 Å². The van der Waals surface area contributed by atoms with Crippen molar-refractivity contribution in [2.24, 2.45) is 11.7 Å². The molecule has 1 aromatic carbocycles. The van der Waals surface area contributed by atoms with E-state index in [1.165, 1.54) is 0 Å². The monoisotopic (exact) mass is 309 g/mol. The van der Waals surface area contributed by atoms with Gasteiger partial charge in [0, 0.05) is 0 Å². The van der Waals surface area contributed by atoms with Crippen molar-refractivity contribution >= 4 is 15.9 Å². The highest BCUT2D eigenvalue weighted by atomic mass is 32.2. The maximum Gasteiger partial charge on any atom is 0.216 e. The van der Waals surface area contributed by atoms with Gasteiger partial charge in [0.25, 0.3) is 0 Å². The van der Waals surface area contributed by atoms with Crippen molar-refractivity contribution in [3.05, 3.63) is 35.9 Å². The van der Waals surface area contributed by atoms with Crippen molar-refractivity contribution in [1.82, 2.24) is 4.72 Å². The summed E-state index contributed by atoms with van der Waals surface area (Å²) in [6.07, 6.45) is 2.95. The van der Waals surface area contributed by atoms with Gasteiger partial charge in [-0.25, -0.2) is 13.1 Å². The summed E-state index contributed by atoms with van der Waals surface area (Å²) >= 11 is 0. The molecule has 0 aromatic heterocycles. The summed E-state index contributed by atoms with van der Waals surface area (Å²) in [5.41, 5.74) is 5.53. The highest BCUT2D eigenvalue weighted by Gasteiger charge is 2.40. The van der Waals surface area contributed by atoms with Gasteiger partial charge in [0.1, 0.15) is 5.84 Å². The molecule has 0 atom stereocenters. The van der Waals surface area contributed by atoms with E-state index in [1.54, 1.807) is 12.1 Å². The van der Waals surface area contributed by atoms with E-state index in [0.717, 1.165) is 18.4 Å². The predicted octanol–water partition coefficient (Wildman–Crippen LogP) is 1.99. The second-order valence-electron chi connectivity index (χ2n) is 6.03. The van der Waals surface area contributed by atoms with Crippen LogP contribution in [0, 0.1) is 11.3 Å². The number of sulfonamides is 1. The maximum atomic E-state index is 12.4. The van der Waals surface area contributed by atoms with Crippen molar-refractivity contribution in [2.45, 2.75) is 43.9 Å². The van der Waals surface area contributed by atoms with E-state index in [-0.39, 0.29) is 11.6 Å². The summed E-state index contributed by atoms with van der Waals surface area (Å²) in [5.74, 6) is 0.389. The molecule has 5 nitrogen and oxygen atoms in total. The average Bonchev–Trinajstić information content (AvgIpc) is 2.41. The van der Waals surface area contributed by atoms with E-state index in [2.05, 4.69) is 11.6 Å². The summed E-state index contributed by atoms with van der Waals surface area (Å²) in [6, 6.07) is 9.04. The molecule has 0 amide bonds. The van der Waals surface area contributed by atoms with Crippen LogP contribution in [-0.4, -0.2) is 19.8 Å². The van der Waals surface area contributed by atoms with Gasteiger partial charge in [0.05, 0.1) is 11.3 Å². The van der Waals surface area contributed by atoms with Gasteiger partial charge in [-0.1, -0.05) is 37.3 Å². The van der Waals surface area contributed by atoms with Crippen LogP contribution in [0.15, 0.2) is 30.3 Å². The molecule has 6 heteroatoms. The molecule has 21 heavy (non-hydrogen) atoms. The molecular formula is C15H23N3O2S. The molecule has 0 spiro atoms. The fourth-order valence-corrected chi connectivity index (χ4v) is 4.42. The second-order valence-corrected chi connectivity index (χ2v) is 7.75. The van der Waals surface area contributed by atoms with E-state index < -0.39 is 15.6 Å². The number of amidine groups is 1. The van der Waals surface area contributed by atoms with Gasteiger partial charge >= 0.3 is 0 Å². The second kappa shape index (κ2) is 6.15. The van der Waals surface area contributed by atoms with Gasteiger partial charge in [-0.15, -0.1) is 0 Å². The van der Waals surface area contributed by atoms with Gasteiger partial charge in [-0.3, -0.25) is 5.41 Å². The third-order valence-electron chi connectivity index (χ3n) is 4.19. The van der Waals surface area contributed by atoms with Gasteiger partial charge in [-0.2, -0.15) is 0 Å². The van der Waals surface area contributed by atoms with Crippen molar-refractivity contribution in [3.63, 3.8) is 0 Å². The molecule has 0 bridgehead atoms. The fourth-order valence-electron chi connectivity index (χ4n) is 2.81. The third-order valence-corrected chi connectivity index (χ3v) is 5.61. The Kier molecular flexibility index (Phi) is 4.68. The number of hydrogen-bond acceptors (Lipinski definition) is 3. The van der Waals surface area contributed by atoms with Crippen LogP contribution < -0.4 is 10.5 Å². The van der Waals surface area contributed by atoms with Crippen LogP contribution in [0.25, 0.3) is 0 Å². The summed E-state index contributed by atoms with van der Waals surface area (Å²) in [4.78, 5) is 0. The molecule has 1 aromatic rings. The Bertz CT molecular complexity index is 591. The lowest BCUT2D eigenvalue weighted by Gasteiger charge is -2.38. The molecule has 0 radical (unpaired) electrons. The number of nitrogens with two attached hydrogens (primary N) is 1. The zero-order chi connectivity index (χ0) is 15.5. The van der Waals surface area contributed by atoms with E-state index in [0.29, 0.717) is 18.8 Å². The Hall–Kier alpha value is -1.40. The van der Waals surface area contributed by atoms with Crippen molar-refractivity contribution in [3.8, 4) is 0 Å². The van der Waals surface area contributed by atoms with Crippen molar-refractivity contribution < 1.29 is 8.42 Å². The molecule has 1 aliphatic carbocycles. The third kappa shape index (κ3) is 4.04. The Morgan fingerprint density at radius 2 is 1.90 bits per heavy atom. The van der Waals surface area contributed by atoms with E-state index in [1.807, 2.05) is 18.2 Å². The normalized spacial score (nSPS) is 26.4. The molecule has 0 aliphatic heterocycles. The molecule has 0 saturated heterocycles. The first-order valence-electron chi connectivity index (χ1n) is 7.23. The molecule has 0 heterocycles. The molecule has 1 aliphatic rings. The minimum absolute atomic E-state index is 0.0777. The molecule has 1 saturated carbocycles. The lowest BCUT2D eigenvalue weighted by molar-refractivity contribution is 0.285. The Labute approximate surface area is 126 Å². The summed E-state index contributed by atoms with van der Waals surface area (Å²) in [6.45, 7) is 2.14. The maximum absolute atomic E-state index is 12.4. The Morgan fingerprint density at radius 3 is 2.43 bits per heavy atom. The van der Waals surface area contributed by atoms with Crippen LogP contribution in [0.2, 0.25) is 0 Å². The molecule has 1 fully saturated rings. The standard InChI is InChI=1S/C15H23N3O2S/c1-12-7-9-15(10-8-12,14(16)17)18-21(19,20)11-13-5-3-2-4-6-13/h2-6,12,18H,7-11H2,1H3,(H3,16,17). The quantitative estimate of drug-likeness (QED) is 0.573. The molecular weight excluding hydrogens is 286 g/mol. The molecule has 116 valence electrons. The number of nitrogens with one attached hydrogen (secondary N) is 2. The first-order chi connectivity index (χ1) is 9.83. The summed E-state index contributed by atoms with van der Waals surface area (Å²) in [5, 5.41) is 7.81. The van der Waals surface area contributed by atoms with Crippen LogP contribution in [0.3, 0.4) is 0 Å². The zero-order valence-electron chi connectivity index (χ0n) is 12.3. The molecule has 2 rings (SSSR count). The fraction of sp³-hybridized carbons (Fsp3) is 0.533. The molecule has 4 N–H and O–H groups in total. The lowest BCUT2D eigenvalue weighted by Crippen LogP contribution is -2.58. The lowest BCUT2D eigenvalue weighted by atomic mass is 9.77. The first kappa shape index (κ1) is 16.0. The van der Waals surface area contributed by atoms with Crippen LogP contribution in [-0.2, 0) is 15.8 Å². The smallest absolute Gasteiger partial charge is 0.216 e. The van der Waals surface area contributed by atoms with Crippen molar-refractivity contribution in [2.75, 3.05) is 0 Å². The number of benzene rings is 1. The summed E-state index contributed by atoms with van der Waals surface area (Å²) in [7, 11) is -3.53. The average molecular weight is 309 g/mol. The van der Waals surface area contributed by atoms with Crippen LogP contribution >= 0.6 is 0 Å². The Morgan fingerprint density at radius 1 is 1.33 bits per heavy atom. The number of hydrogen-bond donors (Lipinski definition) is 3. The van der Waals surface area contributed by atoms with Gasteiger partial charge in [0.15, 0.2) is 0 Å². The van der Waals surface area contributed by atoms with Crippen LogP contribution in [0.4, 0.5) is 0 Å². The highest BCUT2D eigenvalue weighted by Crippen LogP contribution is 2.32. The van der Waals surface area contributed by atoms with Crippen LogP contribution in [0.5, 0.6) is 0 Å². The van der Waals surface area contributed by atoms with Gasteiger partial charge in [-0.05, 0) is 37.2 Å². The number of rotatable bonds is 5. The minimum Gasteiger partial charge on any atom is -0.386 e. The SMILES string of the molecule is CC1CCC(NS(=O)(=O)Cc2ccccc2)(C(=N)N)CC1. The first-order valence-corrected chi connectivity index (χ1v) is 8.88. The predicted molar refractivity (Wildman–Crippen MR) is 84.5 cm³/mol. The van der Waals surface area contributed by atoms with Crippen molar-refractivity contribution in [1.29, 1.82) is 5.41 Å². The minimum atomic E-state index is -3.53. The zero-order valence-corrected chi connectivity index (χ0v) is 13.1. The van der Waals surface area contributed by atoms with Gasteiger partial charge < -0.3 is 5.73 Å². The van der Waals surface area contributed by atoms with E-state index in [4.69, 9.17) is 11.1 Å². The van der Waals surface area contributed by atoms with Gasteiger partial charge in [0.2, 0.25) is 10.0 Å². The highest BCUT2D eigenvalue weighted by molar-refractivity contribution is 7.88. The van der Waals surface area contributed by atoms with Crippen LogP contribution in [0.1, 0.15) is 38.2 Å². The van der Waals surface area contributed by atoms with E-state index >= 15 is 0 Å².